The number of nitrogens with one attached hydrogen (secondary N) is 1. The SMILES string of the molecule is CC(C)c1nc(Sc2ccc([N+](=O)[O-])cc2S(=O)(=O)N2CCOCC2)n[nH]1. The number of rotatable bonds is 6. The molecule has 10 nitrogen and oxygen atoms in total. The number of H-pyrrole nitrogens is 1. The Kier molecular flexibility index (Phi) is 5.79. The first-order chi connectivity index (χ1) is 12.8. The zero-order valence-electron chi connectivity index (χ0n) is 14.8. The maximum absolute atomic E-state index is 13.1. The number of nitro benzene ring substituents is 1. The van der Waals surface area contributed by atoms with E-state index in [0.717, 1.165) is 17.8 Å². The third kappa shape index (κ3) is 4.29. The van der Waals surface area contributed by atoms with Gasteiger partial charge in [-0.25, -0.2) is 13.4 Å². The molecule has 1 aromatic heterocycles. The van der Waals surface area contributed by atoms with Crippen molar-refractivity contribution in [1.29, 1.82) is 0 Å². The molecule has 0 amide bonds. The van der Waals surface area contributed by atoms with E-state index < -0.39 is 14.9 Å². The van der Waals surface area contributed by atoms with Crippen LogP contribution in [0.3, 0.4) is 0 Å². The molecular formula is C15H19N5O5S2. The lowest BCUT2D eigenvalue weighted by Crippen LogP contribution is -2.40. The van der Waals surface area contributed by atoms with Gasteiger partial charge in [0.05, 0.1) is 18.1 Å². The summed E-state index contributed by atoms with van der Waals surface area (Å²) in [4.78, 5) is 15.1. The van der Waals surface area contributed by atoms with E-state index in [0.29, 0.717) is 15.9 Å². The van der Waals surface area contributed by atoms with Crippen molar-refractivity contribution in [1.82, 2.24) is 19.5 Å². The van der Waals surface area contributed by atoms with Crippen LogP contribution in [-0.4, -0.2) is 59.1 Å². The van der Waals surface area contributed by atoms with Gasteiger partial charge >= 0.3 is 0 Å². The van der Waals surface area contributed by atoms with Crippen LogP contribution in [0.4, 0.5) is 5.69 Å². The second kappa shape index (κ2) is 7.92. The Morgan fingerprint density at radius 3 is 2.63 bits per heavy atom. The number of sulfonamides is 1. The molecule has 0 bridgehead atoms. The van der Waals surface area contributed by atoms with Crippen LogP contribution >= 0.6 is 11.8 Å². The largest absolute Gasteiger partial charge is 0.379 e. The van der Waals surface area contributed by atoms with Crippen LogP contribution in [0.1, 0.15) is 25.6 Å². The fourth-order valence-electron chi connectivity index (χ4n) is 2.48. The number of aromatic nitrogens is 3. The number of morpholine rings is 1. The van der Waals surface area contributed by atoms with Crippen LogP contribution in [0.25, 0.3) is 0 Å². The lowest BCUT2D eigenvalue weighted by Gasteiger charge is -2.26. The Balaban J connectivity index is 2.01. The summed E-state index contributed by atoms with van der Waals surface area (Å²) in [6.07, 6.45) is 0. The van der Waals surface area contributed by atoms with Gasteiger partial charge in [0.1, 0.15) is 10.7 Å². The topological polar surface area (TPSA) is 131 Å². The fraction of sp³-hybridized carbons (Fsp3) is 0.467. The minimum absolute atomic E-state index is 0.125. The van der Waals surface area contributed by atoms with Gasteiger partial charge in [-0.2, -0.15) is 4.31 Å². The smallest absolute Gasteiger partial charge is 0.270 e. The molecule has 1 fully saturated rings. The Bertz CT molecular complexity index is 938. The Hall–Kier alpha value is -2.02. The summed E-state index contributed by atoms with van der Waals surface area (Å²) < 4.78 is 32.6. The predicted molar refractivity (Wildman–Crippen MR) is 97.3 cm³/mol. The highest BCUT2D eigenvalue weighted by molar-refractivity contribution is 8.00. The van der Waals surface area contributed by atoms with Crippen molar-refractivity contribution in [2.45, 2.75) is 34.7 Å². The third-order valence-corrected chi connectivity index (χ3v) is 6.97. The molecule has 12 heteroatoms. The van der Waals surface area contributed by atoms with E-state index in [-0.39, 0.29) is 42.8 Å². The zero-order valence-corrected chi connectivity index (χ0v) is 16.4. The summed E-state index contributed by atoms with van der Waals surface area (Å²) in [6.45, 7) is 4.88. The first kappa shape index (κ1) is 19.7. The van der Waals surface area contributed by atoms with Gasteiger partial charge in [-0.05, 0) is 17.8 Å². The van der Waals surface area contributed by atoms with Gasteiger partial charge in [0.25, 0.3) is 5.69 Å². The highest BCUT2D eigenvalue weighted by Crippen LogP contribution is 2.35. The standard InChI is InChI=1S/C15H19N5O5S2/c1-10(2)14-16-15(18-17-14)26-12-4-3-11(20(21)22)9-13(12)27(23,24)19-5-7-25-8-6-19/h3-4,9-10H,5-8H2,1-2H3,(H,16,17,18). The van der Waals surface area contributed by atoms with Crippen LogP contribution in [-0.2, 0) is 14.8 Å². The molecule has 0 unspecified atom stereocenters. The maximum atomic E-state index is 13.1. The number of aromatic amines is 1. The van der Waals surface area contributed by atoms with Crippen molar-refractivity contribution in [3.63, 3.8) is 0 Å². The number of non-ortho nitro benzene ring substituents is 1. The van der Waals surface area contributed by atoms with Crippen LogP contribution < -0.4 is 0 Å². The summed E-state index contributed by atoms with van der Waals surface area (Å²) in [6, 6.07) is 3.78. The lowest BCUT2D eigenvalue weighted by molar-refractivity contribution is -0.385. The lowest BCUT2D eigenvalue weighted by atomic mass is 10.2. The second-order valence-electron chi connectivity index (χ2n) is 6.16. The van der Waals surface area contributed by atoms with Crippen molar-refractivity contribution in [3.8, 4) is 0 Å². The molecule has 2 heterocycles. The van der Waals surface area contributed by atoms with E-state index in [9.17, 15) is 18.5 Å². The van der Waals surface area contributed by atoms with E-state index in [4.69, 9.17) is 4.74 Å². The predicted octanol–water partition coefficient (Wildman–Crippen LogP) is 2.01. The van der Waals surface area contributed by atoms with Gasteiger partial charge in [0.2, 0.25) is 15.2 Å². The molecule has 0 spiro atoms. The van der Waals surface area contributed by atoms with E-state index in [1.807, 2.05) is 13.8 Å². The summed E-state index contributed by atoms with van der Waals surface area (Å²) in [7, 11) is -3.92. The summed E-state index contributed by atoms with van der Waals surface area (Å²) in [5.41, 5.74) is -0.288. The fourth-order valence-corrected chi connectivity index (χ4v) is 5.15. The molecule has 1 aliphatic rings. The number of ether oxygens (including phenoxy) is 1. The normalized spacial score (nSPS) is 16.0. The van der Waals surface area contributed by atoms with E-state index in [1.165, 1.54) is 16.4 Å². The number of nitrogens with zero attached hydrogens (tertiary/aromatic N) is 4. The molecule has 27 heavy (non-hydrogen) atoms. The number of nitro groups is 1. The molecule has 0 saturated carbocycles. The summed E-state index contributed by atoms with van der Waals surface area (Å²) >= 11 is 1.05. The quantitative estimate of drug-likeness (QED) is 0.562. The molecular weight excluding hydrogens is 394 g/mol. The molecule has 0 radical (unpaired) electrons. The average Bonchev–Trinajstić information content (AvgIpc) is 3.11. The van der Waals surface area contributed by atoms with Gasteiger partial charge in [0.15, 0.2) is 0 Å². The molecule has 1 aliphatic heterocycles. The second-order valence-corrected chi connectivity index (χ2v) is 9.08. The summed E-state index contributed by atoms with van der Waals surface area (Å²) in [5, 5.41) is 18.4. The van der Waals surface area contributed by atoms with Gasteiger partial charge in [-0.15, -0.1) is 5.10 Å². The van der Waals surface area contributed by atoms with Crippen molar-refractivity contribution < 1.29 is 18.1 Å². The molecule has 0 atom stereocenters. The van der Waals surface area contributed by atoms with Crippen LogP contribution in [0.2, 0.25) is 0 Å². The molecule has 2 aromatic rings. The minimum Gasteiger partial charge on any atom is -0.379 e. The Labute approximate surface area is 160 Å². The Morgan fingerprint density at radius 2 is 2.04 bits per heavy atom. The number of hydrogen-bond acceptors (Lipinski definition) is 8. The Morgan fingerprint density at radius 1 is 1.33 bits per heavy atom. The molecule has 1 N–H and O–H groups in total. The molecule has 0 aliphatic carbocycles. The number of hydrogen-bond donors (Lipinski definition) is 1. The van der Waals surface area contributed by atoms with Crippen molar-refractivity contribution in [2.75, 3.05) is 26.3 Å². The van der Waals surface area contributed by atoms with E-state index >= 15 is 0 Å². The third-order valence-electron chi connectivity index (χ3n) is 3.96. The van der Waals surface area contributed by atoms with Gasteiger partial charge in [-0.3, -0.25) is 15.2 Å². The highest BCUT2D eigenvalue weighted by Gasteiger charge is 2.31. The number of benzene rings is 1. The zero-order chi connectivity index (χ0) is 19.6. The van der Waals surface area contributed by atoms with Crippen molar-refractivity contribution >= 4 is 27.5 Å². The van der Waals surface area contributed by atoms with Gasteiger partial charge in [-0.1, -0.05) is 13.8 Å². The summed E-state index contributed by atoms with van der Waals surface area (Å²) in [5.74, 6) is 0.817. The van der Waals surface area contributed by atoms with Crippen LogP contribution in [0.5, 0.6) is 0 Å². The average molecular weight is 413 g/mol. The van der Waals surface area contributed by atoms with Crippen LogP contribution in [0.15, 0.2) is 33.1 Å². The first-order valence-electron chi connectivity index (χ1n) is 8.25. The van der Waals surface area contributed by atoms with E-state index in [1.54, 1.807) is 0 Å². The van der Waals surface area contributed by atoms with Gasteiger partial charge in [0, 0.05) is 36.0 Å². The monoisotopic (exact) mass is 413 g/mol. The van der Waals surface area contributed by atoms with Crippen LogP contribution in [0, 0.1) is 10.1 Å². The van der Waals surface area contributed by atoms with Crippen molar-refractivity contribution in [2.24, 2.45) is 0 Å². The minimum atomic E-state index is -3.92. The molecule has 3 rings (SSSR count). The molecule has 1 aromatic carbocycles. The molecule has 146 valence electrons. The molecule has 1 saturated heterocycles. The maximum Gasteiger partial charge on any atom is 0.270 e. The van der Waals surface area contributed by atoms with Gasteiger partial charge < -0.3 is 4.74 Å². The highest BCUT2D eigenvalue weighted by atomic mass is 32.2. The van der Waals surface area contributed by atoms with E-state index in [2.05, 4.69) is 15.2 Å². The van der Waals surface area contributed by atoms with Crippen molar-refractivity contribution in [3.05, 3.63) is 34.1 Å². The first-order valence-corrected chi connectivity index (χ1v) is 10.5.